The first-order valence-electron chi connectivity index (χ1n) is 3.57. The van der Waals surface area contributed by atoms with Crippen LogP contribution in [0, 0.1) is 5.41 Å². The van der Waals surface area contributed by atoms with E-state index in [4.69, 9.17) is 5.11 Å². The van der Waals surface area contributed by atoms with Gasteiger partial charge in [0, 0.05) is 0 Å². The summed E-state index contributed by atoms with van der Waals surface area (Å²) in [6, 6.07) is 0. The zero-order valence-electron chi connectivity index (χ0n) is 7.64. The molecule has 1 N–H and O–H groups in total. The second-order valence-corrected chi connectivity index (χ2v) is 5.47. The molecule has 0 rings (SSSR count). The van der Waals surface area contributed by atoms with Crippen LogP contribution in [-0.4, -0.2) is 21.2 Å². The fourth-order valence-corrected chi connectivity index (χ4v) is 0.711. The van der Waals surface area contributed by atoms with Crippen LogP contribution in [0.4, 0.5) is 0 Å². The molecule has 0 aliphatic carbocycles. The summed E-state index contributed by atoms with van der Waals surface area (Å²) >= 11 is 3.14. The number of rotatable bonds is 2. The summed E-state index contributed by atoms with van der Waals surface area (Å²) in [7, 11) is 0. The van der Waals surface area contributed by atoms with Gasteiger partial charge in [-0.15, -0.1) is 0 Å². The van der Waals surface area contributed by atoms with Crippen LogP contribution < -0.4 is 0 Å². The molecule has 12 heavy (non-hydrogen) atoms. The van der Waals surface area contributed by atoms with Crippen molar-refractivity contribution < 1.29 is 14.7 Å². The lowest BCUT2D eigenvalue weighted by molar-refractivity contribution is -0.151. The van der Waals surface area contributed by atoms with E-state index >= 15 is 0 Å². The van der Waals surface area contributed by atoms with Crippen molar-refractivity contribution >= 4 is 27.7 Å². The summed E-state index contributed by atoms with van der Waals surface area (Å²) in [5, 5.41) is 8.50. The van der Waals surface area contributed by atoms with Crippen LogP contribution >= 0.6 is 15.9 Å². The third-order valence-corrected chi connectivity index (χ3v) is 3.58. The van der Waals surface area contributed by atoms with Gasteiger partial charge in [0.15, 0.2) is 0 Å². The highest BCUT2D eigenvalue weighted by Crippen LogP contribution is 2.38. The zero-order chi connectivity index (χ0) is 10.2. The number of Topliss-reactive ketones (excluding diaryl/α,β-unsaturated/α-hetero) is 1. The van der Waals surface area contributed by atoms with E-state index in [1.54, 1.807) is 6.92 Å². The third kappa shape index (κ3) is 2.06. The number of carboxylic acid groups (broad SMARTS) is 1. The molecule has 3 nitrogen and oxygen atoms in total. The van der Waals surface area contributed by atoms with Crippen molar-refractivity contribution in [1.29, 1.82) is 0 Å². The predicted octanol–water partition coefficient (Wildman–Crippen LogP) is 1.84. The van der Waals surface area contributed by atoms with Crippen molar-refractivity contribution in [3.8, 4) is 0 Å². The first-order chi connectivity index (χ1) is 5.10. The van der Waals surface area contributed by atoms with Gasteiger partial charge in [0.25, 0.3) is 5.78 Å². The smallest absolute Gasteiger partial charge is 0.373 e. The molecule has 1 unspecified atom stereocenters. The average molecular weight is 237 g/mol. The lowest BCUT2D eigenvalue weighted by Gasteiger charge is -2.33. The number of hydrogen-bond acceptors (Lipinski definition) is 2. The van der Waals surface area contributed by atoms with Crippen LogP contribution in [0.25, 0.3) is 0 Å². The highest BCUT2D eigenvalue weighted by molar-refractivity contribution is 9.10. The second kappa shape index (κ2) is 3.17. The molecule has 0 saturated heterocycles. The normalized spacial score (nSPS) is 16.8. The fourth-order valence-electron chi connectivity index (χ4n) is 0.541. The summed E-state index contributed by atoms with van der Waals surface area (Å²) in [6.45, 7) is 7.00. The third-order valence-electron chi connectivity index (χ3n) is 2.03. The highest BCUT2D eigenvalue weighted by atomic mass is 79.9. The van der Waals surface area contributed by atoms with Gasteiger partial charge in [0.05, 0.1) is 4.32 Å². The Morgan fingerprint density at radius 2 is 1.50 bits per heavy atom. The van der Waals surface area contributed by atoms with Crippen LogP contribution in [0.5, 0.6) is 0 Å². The van der Waals surface area contributed by atoms with Gasteiger partial charge >= 0.3 is 5.97 Å². The van der Waals surface area contributed by atoms with E-state index in [1.165, 1.54) is 0 Å². The van der Waals surface area contributed by atoms with E-state index in [0.29, 0.717) is 0 Å². The maximum absolute atomic E-state index is 11.2. The number of halogens is 1. The lowest BCUT2D eigenvalue weighted by atomic mass is 9.79. The van der Waals surface area contributed by atoms with Crippen molar-refractivity contribution in [2.24, 2.45) is 5.41 Å². The molecule has 0 aliphatic rings. The number of ketones is 1. The van der Waals surface area contributed by atoms with Gasteiger partial charge in [-0.3, -0.25) is 4.79 Å². The van der Waals surface area contributed by atoms with E-state index in [9.17, 15) is 9.59 Å². The Morgan fingerprint density at radius 1 is 1.17 bits per heavy atom. The van der Waals surface area contributed by atoms with Gasteiger partial charge in [-0.2, -0.15) is 0 Å². The molecule has 0 heterocycles. The highest BCUT2D eigenvalue weighted by Gasteiger charge is 2.44. The lowest BCUT2D eigenvalue weighted by Crippen LogP contribution is -2.45. The van der Waals surface area contributed by atoms with Crippen LogP contribution in [0.15, 0.2) is 0 Å². The Balaban J connectivity index is 4.87. The molecule has 4 heteroatoms. The Morgan fingerprint density at radius 3 is 1.58 bits per heavy atom. The number of alkyl halides is 1. The van der Waals surface area contributed by atoms with E-state index in [2.05, 4.69) is 15.9 Å². The number of hydrogen-bond donors (Lipinski definition) is 1. The average Bonchev–Trinajstić information content (AvgIpc) is 1.83. The van der Waals surface area contributed by atoms with Gasteiger partial charge in [0.2, 0.25) is 0 Å². The maximum Gasteiger partial charge on any atom is 0.373 e. The minimum atomic E-state index is -1.40. The quantitative estimate of drug-likeness (QED) is 0.588. The van der Waals surface area contributed by atoms with E-state index in [1.807, 2.05) is 20.8 Å². The number of aliphatic carboxylic acids is 1. The van der Waals surface area contributed by atoms with Crippen LogP contribution in [0.3, 0.4) is 0 Å². The van der Waals surface area contributed by atoms with Crippen molar-refractivity contribution in [3.63, 3.8) is 0 Å². The van der Waals surface area contributed by atoms with E-state index in [0.717, 1.165) is 0 Å². The second-order valence-electron chi connectivity index (χ2n) is 3.89. The Kier molecular flexibility index (Phi) is 3.07. The molecular formula is C8H13BrO3. The molecule has 0 bridgehead atoms. The molecule has 70 valence electrons. The standard InChI is InChI=1S/C8H13BrO3/c1-7(2,3)8(4,9)5(10)6(11)12/h1-4H3,(H,11,12). The number of carbonyl (C=O) groups is 2. The predicted molar refractivity (Wildman–Crippen MR) is 49.4 cm³/mol. The minimum Gasteiger partial charge on any atom is -0.475 e. The molecule has 0 aromatic carbocycles. The monoisotopic (exact) mass is 236 g/mol. The van der Waals surface area contributed by atoms with Crippen LogP contribution in [0.1, 0.15) is 27.7 Å². The maximum atomic E-state index is 11.2. The van der Waals surface area contributed by atoms with Crippen molar-refractivity contribution in [1.82, 2.24) is 0 Å². The number of carboxylic acids is 1. The van der Waals surface area contributed by atoms with Gasteiger partial charge in [0.1, 0.15) is 0 Å². The largest absolute Gasteiger partial charge is 0.475 e. The molecule has 0 aromatic rings. The summed E-state index contributed by atoms with van der Waals surface area (Å²) in [6.07, 6.45) is 0. The summed E-state index contributed by atoms with van der Waals surface area (Å²) in [5.41, 5.74) is -0.414. The first-order valence-corrected chi connectivity index (χ1v) is 4.36. The van der Waals surface area contributed by atoms with Crippen molar-refractivity contribution in [2.45, 2.75) is 32.0 Å². The topological polar surface area (TPSA) is 54.4 Å². The van der Waals surface area contributed by atoms with E-state index < -0.39 is 21.5 Å². The molecule has 0 spiro atoms. The Hall–Kier alpha value is -0.380. The molecule has 0 radical (unpaired) electrons. The molecule has 0 amide bonds. The first kappa shape index (κ1) is 11.6. The zero-order valence-corrected chi connectivity index (χ0v) is 9.23. The van der Waals surface area contributed by atoms with Gasteiger partial charge < -0.3 is 5.11 Å². The van der Waals surface area contributed by atoms with Crippen LogP contribution in [0.2, 0.25) is 0 Å². The van der Waals surface area contributed by atoms with Gasteiger partial charge in [-0.05, 0) is 12.3 Å². The number of carbonyl (C=O) groups excluding carboxylic acids is 1. The van der Waals surface area contributed by atoms with Gasteiger partial charge in [-0.25, -0.2) is 4.79 Å². The summed E-state index contributed by atoms with van der Waals surface area (Å²) < 4.78 is -1.01. The SMILES string of the molecule is CC(C)(C)C(C)(Br)C(=O)C(=O)O. The molecule has 0 fully saturated rings. The Labute approximate surface area is 80.3 Å². The molecule has 0 saturated carbocycles. The summed E-state index contributed by atoms with van der Waals surface area (Å²) in [4.78, 5) is 21.6. The van der Waals surface area contributed by atoms with Crippen molar-refractivity contribution in [2.75, 3.05) is 0 Å². The molecule has 1 atom stereocenters. The van der Waals surface area contributed by atoms with Gasteiger partial charge in [-0.1, -0.05) is 36.7 Å². The van der Waals surface area contributed by atoms with Crippen molar-refractivity contribution in [3.05, 3.63) is 0 Å². The Bertz CT molecular complexity index is 213. The fraction of sp³-hybridized carbons (Fsp3) is 0.750. The van der Waals surface area contributed by atoms with Crippen LogP contribution in [-0.2, 0) is 9.59 Å². The molecule has 0 aliphatic heterocycles. The molecular weight excluding hydrogens is 224 g/mol. The molecule has 0 aromatic heterocycles. The van der Waals surface area contributed by atoms with E-state index in [-0.39, 0.29) is 0 Å². The minimum absolute atomic E-state index is 0.414. The summed E-state index contributed by atoms with van der Waals surface area (Å²) in [5.74, 6) is -2.21.